The van der Waals surface area contributed by atoms with E-state index in [1.807, 2.05) is 65.8 Å². The Balaban J connectivity index is 1.62. The summed E-state index contributed by atoms with van der Waals surface area (Å²) in [7, 11) is 0. The normalized spacial score (nSPS) is 17.1. The zero-order valence-corrected chi connectivity index (χ0v) is 25.4. The molecule has 0 bridgehead atoms. The van der Waals surface area contributed by atoms with Gasteiger partial charge in [-0.25, -0.2) is 14.5 Å². The van der Waals surface area contributed by atoms with Crippen molar-refractivity contribution in [2.45, 2.75) is 85.5 Å². The number of anilines is 2. The van der Waals surface area contributed by atoms with Gasteiger partial charge < -0.3 is 14.4 Å². The molecule has 2 heterocycles. The quantitative estimate of drug-likeness (QED) is 0.399. The summed E-state index contributed by atoms with van der Waals surface area (Å²) in [5, 5.41) is 0. The van der Waals surface area contributed by atoms with Crippen LogP contribution in [0.3, 0.4) is 0 Å². The summed E-state index contributed by atoms with van der Waals surface area (Å²) in [5.41, 5.74) is 3.48. The Bertz CT molecular complexity index is 1310. The Hall–Kier alpha value is -3.39. The fraction of sp³-hybridized carbons (Fsp3) is 0.531. The van der Waals surface area contributed by atoms with Crippen LogP contribution in [0.5, 0.6) is 0 Å². The molecule has 8 nitrogen and oxygen atoms in total. The van der Waals surface area contributed by atoms with Gasteiger partial charge in [0.15, 0.2) is 5.78 Å². The summed E-state index contributed by atoms with van der Waals surface area (Å²) < 4.78 is 11.4. The van der Waals surface area contributed by atoms with E-state index in [1.54, 1.807) is 15.9 Å². The van der Waals surface area contributed by atoms with Crippen LogP contribution < -0.4 is 4.90 Å². The van der Waals surface area contributed by atoms with Crippen LogP contribution in [-0.2, 0) is 21.4 Å². The number of piperazine rings is 1. The third-order valence-corrected chi connectivity index (χ3v) is 7.30. The fourth-order valence-electron chi connectivity index (χ4n) is 5.29. The van der Waals surface area contributed by atoms with Gasteiger partial charge in [-0.2, -0.15) is 0 Å². The molecule has 0 N–H and O–H groups in total. The van der Waals surface area contributed by atoms with Crippen LogP contribution in [-0.4, -0.2) is 65.2 Å². The predicted molar refractivity (Wildman–Crippen MR) is 156 cm³/mol. The van der Waals surface area contributed by atoms with Gasteiger partial charge in [-0.15, -0.1) is 0 Å². The van der Waals surface area contributed by atoms with Crippen molar-refractivity contribution in [1.82, 2.24) is 9.80 Å². The Morgan fingerprint density at radius 3 is 1.95 bits per heavy atom. The molecule has 0 atom stereocenters. The van der Waals surface area contributed by atoms with E-state index in [0.717, 1.165) is 42.0 Å². The van der Waals surface area contributed by atoms with E-state index < -0.39 is 22.7 Å². The molecule has 8 heteroatoms. The molecule has 0 spiro atoms. The van der Waals surface area contributed by atoms with E-state index in [0.29, 0.717) is 24.3 Å². The molecular formula is C32H43N3O5. The number of hydrogen-bond acceptors (Lipinski definition) is 6. The molecule has 2 aliphatic heterocycles. The largest absolute Gasteiger partial charge is 0.444 e. The monoisotopic (exact) mass is 549 g/mol. The van der Waals surface area contributed by atoms with Gasteiger partial charge in [-0.1, -0.05) is 38.1 Å². The molecule has 4 rings (SSSR count). The highest BCUT2D eigenvalue weighted by atomic mass is 16.6. The molecule has 2 aromatic carbocycles. The smallest absolute Gasteiger partial charge is 0.419 e. The highest BCUT2D eigenvalue weighted by Crippen LogP contribution is 2.50. The summed E-state index contributed by atoms with van der Waals surface area (Å²) in [5.74, 6) is -0.0577. The summed E-state index contributed by atoms with van der Waals surface area (Å²) in [6.45, 7) is 20.5. The number of Topliss-reactive ketones (excluding diaryl/α,β-unsaturated/α-hetero) is 1. The molecule has 2 amide bonds. The summed E-state index contributed by atoms with van der Waals surface area (Å²) in [6.07, 6.45) is -0.742. The van der Waals surface area contributed by atoms with Crippen LogP contribution in [0.2, 0.25) is 0 Å². The highest BCUT2D eigenvalue weighted by Gasteiger charge is 2.40. The fourth-order valence-corrected chi connectivity index (χ4v) is 5.29. The number of hydrogen-bond donors (Lipinski definition) is 0. The van der Waals surface area contributed by atoms with Crippen molar-refractivity contribution in [3.63, 3.8) is 0 Å². The van der Waals surface area contributed by atoms with Gasteiger partial charge in [0.1, 0.15) is 11.2 Å². The Labute approximate surface area is 238 Å². The number of nitrogens with zero attached hydrogens (tertiary/aromatic N) is 3. The number of amides is 2. The average molecular weight is 550 g/mol. The second-order valence-electron chi connectivity index (χ2n) is 13.3. The van der Waals surface area contributed by atoms with Crippen molar-refractivity contribution in [3.05, 3.63) is 58.7 Å². The van der Waals surface area contributed by atoms with Crippen molar-refractivity contribution >= 4 is 29.3 Å². The summed E-state index contributed by atoms with van der Waals surface area (Å²) >= 11 is 0. The number of benzene rings is 2. The maximum absolute atomic E-state index is 13.6. The molecule has 0 saturated carbocycles. The van der Waals surface area contributed by atoms with Gasteiger partial charge in [-0.05, 0) is 77.3 Å². The van der Waals surface area contributed by atoms with Gasteiger partial charge in [0.2, 0.25) is 0 Å². The van der Waals surface area contributed by atoms with E-state index >= 15 is 0 Å². The minimum Gasteiger partial charge on any atom is -0.444 e. The number of rotatable bonds is 3. The van der Waals surface area contributed by atoms with E-state index in [9.17, 15) is 14.4 Å². The maximum atomic E-state index is 13.6. The Morgan fingerprint density at radius 2 is 1.38 bits per heavy atom. The zero-order chi connectivity index (χ0) is 29.6. The third kappa shape index (κ3) is 6.33. The molecule has 2 aromatic rings. The first kappa shape index (κ1) is 29.6. The van der Waals surface area contributed by atoms with Crippen LogP contribution in [0, 0.1) is 0 Å². The first-order valence-corrected chi connectivity index (χ1v) is 14.0. The van der Waals surface area contributed by atoms with Crippen molar-refractivity contribution in [2.24, 2.45) is 0 Å². The van der Waals surface area contributed by atoms with Crippen LogP contribution in [0.4, 0.5) is 21.0 Å². The van der Waals surface area contributed by atoms with Crippen molar-refractivity contribution in [1.29, 1.82) is 0 Å². The van der Waals surface area contributed by atoms with Crippen LogP contribution >= 0.6 is 0 Å². The minimum atomic E-state index is -0.677. The maximum Gasteiger partial charge on any atom is 0.419 e. The zero-order valence-electron chi connectivity index (χ0n) is 25.4. The number of ether oxygens (including phenoxy) is 2. The Kier molecular flexibility index (Phi) is 7.80. The van der Waals surface area contributed by atoms with Crippen molar-refractivity contribution < 1.29 is 23.9 Å². The summed E-state index contributed by atoms with van der Waals surface area (Å²) in [6, 6.07) is 11.8. The van der Waals surface area contributed by atoms with Crippen molar-refractivity contribution in [3.8, 4) is 0 Å². The third-order valence-electron chi connectivity index (χ3n) is 7.30. The first-order chi connectivity index (χ1) is 18.5. The van der Waals surface area contributed by atoms with E-state index in [4.69, 9.17) is 9.47 Å². The topological polar surface area (TPSA) is 79.4 Å². The molecule has 0 aromatic heterocycles. The molecule has 0 unspecified atom stereocenters. The summed E-state index contributed by atoms with van der Waals surface area (Å²) in [4.78, 5) is 44.0. The lowest BCUT2D eigenvalue weighted by Crippen LogP contribution is -2.49. The lowest BCUT2D eigenvalue weighted by molar-refractivity contribution is 0.0138. The van der Waals surface area contributed by atoms with Gasteiger partial charge in [-0.3, -0.25) is 9.69 Å². The molecule has 216 valence electrons. The molecule has 0 radical (unpaired) electrons. The van der Waals surface area contributed by atoms with E-state index in [1.165, 1.54) is 6.92 Å². The van der Waals surface area contributed by atoms with Gasteiger partial charge in [0.05, 0.1) is 11.4 Å². The molecular weight excluding hydrogens is 506 g/mol. The first-order valence-electron chi connectivity index (χ1n) is 14.0. The molecule has 40 heavy (non-hydrogen) atoms. The average Bonchev–Trinajstić information content (AvgIpc) is 2.82. The number of fused-ring (bicyclic) bond motifs is 2. The SMILES string of the molecule is CC(=O)c1ccc2c(c1)N(C(=O)OC(C)(C)C)c1ccc(CN3CCN(C(=O)OC(C)(C)C)CC3)cc1C2(C)C. The minimum absolute atomic E-state index is 0.0577. The van der Waals surface area contributed by atoms with E-state index in [2.05, 4.69) is 24.8 Å². The second-order valence-corrected chi connectivity index (χ2v) is 13.3. The highest BCUT2D eigenvalue weighted by molar-refractivity contribution is 6.03. The number of carbonyl (C=O) groups excluding carboxylic acids is 3. The van der Waals surface area contributed by atoms with Crippen LogP contribution in [0.15, 0.2) is 36.4 Å². The Morgan fingerprint density at radius 1 is 0.775 bits per heavy atom. The van der Waals surface area contributed by atoms with Gasteiger partial charge in [0.25, 0.3) is 0 Å². The lowest BCUT2D eigenvalue weighted by atomic mass is 9.73. The molecule has 2 aliphatic rings. The van der Waals surface area contributed by atoms with Crippen molar-refractivity contribution in [2.75, 3.05) is 31.1 Å². The van der Waals surface area contributed by atoms with Gasteiger partial charge >= 0.3 is 12.2 Å². The van der Waals surface area contributed by atoms with E-state index in [-0.39, 0.29) is 11.9 Å². The number of ketones is 1. The molecule has 1 fully saturated rings. The standard InChI is InChI=1S/C32H43N3O5/c1-21(36)23-11-12-24-27(19-23)35(29(38)40-31(5,6)7)26-13-10-22(18-25(26)32(24,8)9)20-33-14-16-34(17-15-33)28(37)39-30(2,3)4/h10-13,18-19H,14-17,20H2,1-9H3. The molecule has 0 aliphatic carbocycles. The lowest BCUT2D eigenvalue weighted by Gasteiger charge is -2.41. The second kappa shape index (κ2) is 10.5. The predicted octanol–water partition coefficient (Wildman–Crippen LogP) is 6.65. The molecule has 1 saturated heterocycles. The van der Waals surface area contributed by atoms with Crippen LogP contribution in [0.25, 0.3) is 0 Å². The van der Waals surface area contributed by atoms with Gasteiger partial charge in [0, 0.05) is 43.7 Å². The number of carbonyl (C=O) groups is 3. The van der Waals surface area contributed by atoms with Crippen LogP contribution in [0.1, 0.15) is 89.4 Å².